The van der Waals surface area contributed by atoms with Crippen molar-refractivity contribution >= 4 is 5.91 Å². The molecule has 4 atom stereocenters. The van der Waals surface area contributed by atoms with Gasteiger partial charge >= 0.3 is 0 Å². The van der Waals surface area contributed by atoms with Crippen LogP contribution in [-0.2, 0) is 11.2 Å². The van der Waals surface area contributed by atoms with Crippen molar-refractivity contribution in [2.24, 2.45) is 11.8 Å². The second kappa shape index (κ2) is 7.65. The molecule has 4 rings (SSSR count). The second-order valence-electron chi connectivity index (χ2n) is 8.26. The van der Waals surface area contributed by atoms with E-state index in [9.17, 15) is 14.3 Å². The summed E-state index contributed by atoms with van der Waals surface area (Å²) in [5, 5.41) is 10.6. The smallest absolute Gasteiger partial charge is 0.222 e. The molecule has 142 valence electrons. The third-order valence-corrected chi connectivity index (χ3v) is 6.64. The number of carbonyl (C=O) groups excluding carboxylic acids is 1. The standard InChI is InChI=1S/C21H29FN2O2/c22-18-6-2-1-5-15(18)7-8-21(26)24-13-16-11-19(23-9-3-4-10-23)20(25)12-17(16)14-24/h1-2,5-6,16-17,19-20,25H,3-4,7-14H2/t16-,17+,19-,20-/m1/s1. The summed E-state index contributed by atoms with van der Waals surface area (Å²) in [6.45, 7) is 3.76. The van der Waals surface area contributed by atoms with Crippen LogP contribution in [-0.4, -0.2) is 59.1 Å². The fourth-order valence-electron chi connectivity index (χ4n) is 5.18. The minimum Gasteiger partial charge on any atom is -0.391 e. The molecule has 0 unspecified atom stereocenters. The largest absolute Gasteiger partial charge is 0.391 e. The molecule has 3 aliphatic rings. The summed E-state index contributed by atoms with van der Waals surface area (Å²) >= 11 is 0. The Labute approximate surface area is 155 Å². The summed E-state index contributed by atoms with van der Waals surface area (Å²) in [5.41, 5.74) is 0.613. The summed E-state index contributed by atoms with van der Waals surface area (Å²) in [7, 11) is 0. The van der Waals surface area contributed by atoms with Crippen molar-refractivity contribution in [3.8, 4) is 0 Å². The first kappa shape index (κ1) is 17.9. The second-order valence-corrected chi connectivity index (χ2v) is 8.26. The lowest BCUT2D eigenvalue weighted by atomic mass is 9.77. The van der Waals surface area contributed by atoms with Gasteiger partial charge < -0.3 is 10.0 Å². The Morgan fingerprint density at radius 1 is 1.12 bits per heavy atom. The lowest BCUT2D eigenvalue weighted by Crippen LogP contribution is -2.48. The number of carbonyl (C=O) groups is 1. The number of nitrogens with zero attached hydrogens (tertiary/aromatic N) is 2. The molecule has 1 aromatic rings. The van der Waals surface area contributed by atoms with E-state index in [4.69, 9.17) is 0 Å². The van der Waals surface area contributed by atoms with Gasteiger partial charge in [0, 0.05) is 25.6 Å². The fraction of sp³-hybridized carbons (Fsp3) is 0.667. The quantitative estimate of drug-likeness (QED) is 0.897. The van der Waals surface area contributed by atoms with E-state index < -0.39 is 0 Å². The molecule has 2 aliphatic heterocycles. The first-order valence-electron chi connectivity index (χ1n) is 10.0. The van der Waals surface area contributed by atoms with Crippen LogP contribution >= 0.6 is 0 Å². The zero-order valence-electron chi connectivity index (χ0n) is 15.3. The van der Waals surface area contributed by atoms with Crippen molar-refractivity contribution in [2.75, 3.05) is 26.2 Å². The highest BCUT2D eigenvalue weighted by Crippen LogP contribution is 2.39. The molecule has 26 heavy (non-hydrogen) atoms. The maximum absolute atomic E-state index is 13.7. The maximum Gasteiger partial charge on any atom is 0.222 e. The van der Waals surface area contributed by atoms with E-state index >= 15 is 0 Å². The van der Waals surface area contributed by atoms with Crippen molar-refractivity contribution in [3.05, 3.63) is 35.6 Å². The summed E-state index contributed by atoms with van der Waals surface area (Å²) in [6.07, 6.45) is 4.83. The Hall–Kier alpha value is -1.46. The van der Waals surface area contributed by atoms with Gasteiger partial charge in [-0.25, -0.2) is 4.39 Å². The lowest BCUT2D eigenvalue weighted by molar-refractivity contribution is -0.130. The van der Waals surface area contributed by atoms with E-state index in [-0.39, 0.29) is 23.9 Å². The molecular weight excluding hydrogens is 331 g/mol. The van der Waals surface area contributed by atoms with Crippen LogP contribution in [0.2, 0.25) is 0 Å². The fourth-order valence-corrected chi connectivity index (χ4v) is 5.18. The van der Waals surface area contributed by atoms with Crippen molar-refractivity contribution < 1.29 is 14.3 Å². The number of rotatable bonds is 4. The van der Waals surface area contributed by atoms with Gasteiger partial charge in [0.1, 0.15) is 5.82 Å². The van der Waals surface area contributed by atoms with E-state index in [1.165, 1.54) is 18.9 Å². The number of hydrogen-bond donors (Lipinski definition) is 1. The molecule has 0 aromatic heterocycles. The minimum absolute atomic E-state index is 0.120. The molecule has 1 saturated carbocycles. The van der Waals surface area contributed by atoms with Gasteiger partial charge in [-0.15, -0.1) is 0 Å². The number of amides is 1. The third-order valence-electron chi connectivity index (χ3n) is 6.64. The molecule has 0 bridgehead atoms. The van der Waals surface area contributed by atoms with E-state index in [0.29, 0.717) is 30.2 Å². The Balaban J connectivity index is 1.33. The summed E-state index contributed by atoms with van der Waals surface area (Å²) in [6, 6.07) is 6.96. The van der Waals surface area contributed by atoms with E-state index in [1.807, 2.05) is 11.0 Å². The zero-order valence-corrected chi connectivity index (χ0v) is 15.3. The topological polar surface area (TPSA) is 43.8 Å². The van der Waals surface area contributed by atoms with E-state index in [0.717, 1.165) is 39.0 Å². The van der Waals surface area contributed by atoms with Crippen LogP contribution in [0.1, 0.15) is 37.7 Å². The van der Waals surface area contributed by atoms with Crippen molar-refractivity contribution in [1.82, 2.24) is 9.80 Å². The van der Waals surface area contributed by atoms with Crippen molar-refractivity contribution in [1.29, 1.82) is 0 Å². The molecular formula is C21H29FN2O2. The molecule has 1 amide bonds. The van der Waals surface area contributed by atoms with Gasteiger partial charge in [-0.05, 0) is 68.7 Å². The van der Waals surface area contributed by atoms with Crippen LogP contribution in [0.15, 0.2) is 24.3 Å². The molecule has 0 spiro atoms. The SMILES string of the molecule is O=C(CCc1ccccc1F)N1C[C@H]2C[C@@H](N3CCCC3)[C@H](O)C[C@H]2C1. The van der Waals surface area contributed by atoms with E-state index in [2.05, 4.69) is 4.90 Å². The number of aliphatic hydroxyl groups excluding tert-OH is 1. The monoisotopic (exact) mass is 360 g/mol. The minimum atomic E-state index is -0.261. The number of fused-ring (bicyclic) bond motifs is 1. The Kier molecular flexibility index (Phi) is 5.28. The first-order chi connectivity index (χ1) is 12.6. The van der Waals surface area contributed by atoms with Crippen LogP contribution < -0.4 is 0 Å². The number of aryl methyl sites for hydroxylation is 1. The highest BCUT2D eigenvalue weighted by Gasteiger charge is 2.44. The van der Waals surface area contributed by atoms with Crippen LogP contribution in [0.4, 0.5) is 4.39 Å². The predicted molar refractivity (Wildman–Crippen MR) is 98.1 cm³/mol. The Morgan fingerprint density at radius 2 is 1.81 bits per heavy atom. The average Bonchev–Trinajstić information content (AvgIpc) is 3.29. The first-order valence-corrected chi connectivity index (χ1v) is 10.0. The number of likely N-dealkylation sites (tertiary alicyclic amines) is 2. The van der Waals surface area contributed by atoms with Gasteiger partial charge in [-0.1, -0.05) is 18.2 Å². The number of hydrogen-bond acceptors (Lipinski definition) is 3. The van der Waals surface area contributed by atoms with Crippen LogP contribution in [0.3, 0.4) is 0 Å². The molecule has 1 aromatic carbocycles. The van der Waals surface area contributed by atoms with Gasteiger partial charge in [0.05, 0.1) is 6.10 Å². The van der Waals surface area contributed by atoms with E-state index in [1.54, 1.807) is 12.1 Å². The van der Waals surface area contributed by atoms with Crippen LogP contribution in [0.5, 0.6) is 0 Å². The summed E-state index contributed by atoms with van der Waals surface area (Å²) < 4.78 is 13.7. The number of benzene rings is 1. The summed E-state index contributed by atoms with van der Waals surface area (Å²) in [5.74, 6) is 0.810. The molecule has 4 nitrogen and oxygen atoms in total. The van der Waals surface area contributed by atoms with Crippen molar-refractivity contribution in [3.63, 3.8) is 0 Å². The Bertz CT molecular complexity index is 647. The normalized spacial score (nSPS) is 32.0. The van der Waals surface area contributed by atoms with Crippen molar-refractivity contribution in [2.45, 2.75) is 50.7 Å². The van der Waals surface area contributed by atoms with Crippen LogP contribution in [0, 0.1) is 17.7 Å². The number of halogens is 1. The molecule has 2 saturated heterocycles. The molecule has 3 fully saturated rings. The number of aliphatic hydroxyl groups is 1. The van der Waals surface area contributed by atoms with Gasteiger partial charge in [-0.2, -0.15) is 0 Å². The molecule has 0 radical (unpaired) electrons. The summed E-state index contributed by atoms with van der Waals surface area (Å²) in [4.78, 5) is 17.0. The van der Waals surface area contributed by atoms with Gasteiger partial charge in [0.2, 0.25) is 5.91 Å². The van der Waals surface area contributed by atoms with Gasteiger partial charge in [0.15, 0.2) is 0 Å². The van der Waals surface area contributed by atoms with Gasteiger partial charge in [0.25, 0.3) is 0 Å². The Morgan fingerprint density at radius 3 is 2.54 bits per heavy atom. The van der Waals surface area contributed by atoms with Gasteiger partial charge in [-0.3, -0.25) is 9.69 Å². The zero-order chi connectivity index (χ0) is 18.1. The molecule has 1 aliphatic carbocycles. The predicted octanol–water partition coefficient (Wildman–Crippen LogP) is 2.45. The average molecular weight is 360 g/mol. The molecule has 1 N–H and O–H groups in total. The van der Waals surface area contributed by atoms with Crippen LogP contribution in [0.25, 0.3) is 0 Å². The highest BCUT2D eigenvalue weighted by atomic mass is 19.1. The lowest BCUT2D eigenvalue weighted by Gasteiger charge is -2.40. The highest BCUT2D eigenvalue weighted by molar-refractivity contribution is 5.76. The maximum atomic E-state index is 13.7. The molecule has 5 heteroatoms. The third kappa shape index (κ3) is 3.65. The molecule has 2 heterocycles.